The van der Waals surface area contributed by atoms with E-state index in [2.05, 4.69) is 0 Å². The van der Waals surface area contributed by atoms with Crippen LogP contribution in [0.4, 0.5) is 0 Å². The van der Waals surface area contributed by atoms with Crippen molar-refractivity contribution < 1.29 is 19.4 Å². The van der Waals surface area contributed by atoms with E-state index in [4.69, 9.17) is 9.84 Å². The Morgan fingerprint density at radius 3 is 2.53 bits per heavy atom. The number of carbonyl (C=O) groups excluding carboxylic acids is 1. The molecule has 0 spiro atoms. The Bertz CT molecular complexity index is 338. The smallest absolute Gasteiger partial charge is 0.306 e. The van der Waals surface area contributed by atoms with E-state index in [-0.39, 0.29) is 23.8 Å². The first-order chi connectivity index (χ1) is 9.11. The number of amides is 1. The average molecular weight is 269 g/mol. The summed E-state index contributed by atoms with van der Waals surface area (Å²) in [6, 6.07) is 0. The second-order valence-corrected chi connectivity index (χ2v) is 5.56. The average Bonchev–Trinajstić information content (AvgIpc) is 3.06. The van der Waals surface area contributed by atoms with Crippen molar-refractivity contribution in [3.8, 4) is 0 Å². The number of carboxylic acids is 1. The molecule has 0 bridgehead atoms. The molecule has 1 heterocycles. The molecule has 0 aromatic carbocycles. The normalized spacial score (nSPS) is 30.5. The Hall–Kier alpha value is -1.10. The zero-order valence-corrected chi connectivity index (χ0v) is 11.5. The van der Waals surface area contributed by atoms with Crippen LogP contribution in [0.5, 0.6) is 0 Å². The van der Waals surface area contributed by atoms with Crippen LogP contribution in [-0.2, 0) is 14.3 Å². The molecule has 2 rings (SSSR count). The zero-order chi connectivity index (χ0) is 13.8. The molecule has 5 heteroatoms. The molecule has 108 valence electrons. The minimum Gasteiger partial charge on any atom is -0.481 e. The van der Waals surface area contributed by atoms with Crippen LogP contribution in [0.15, 0.2) is 0 Å². The molecule has 1 aliphatic heterocycles. The van der Waals surface area contributed by atoms with Gasteiger partial charge in [-0.25, -0.2) is 0 Å². The van der Waals surface area contributed by atoms with Crippen LogP contribution in [-0.4, -0.2) is 47.7 Å². The van der Waals surface area contributed by atoms with E-state index < -0.39 is 5.97 Å². The van der Waals surface area contributed by atoms with E-state index in [1.54, 1.807) is 0 Å². The number of likely N-dealkylation sites (N-methyl/N-ethyl adjacent to an activating group) is 1. The SMILES string of the molecule is CCN(CC1CCCO1)C(=O)[C@@H]1CC[C@H](C(=O)O)C1. The molecule has 0 aromatic heterocycles. The molecule has 1 N–H and O–H groups in total. The van der Waals surface area contributed by atoms with Crippen LogP contribution in [0.1, 0.15) is 39.0 Å². The molecule has 2 aliphatic rings. The van der Waals surface area contributed by atoms with Gasteiger partial charge in [-0.2, -0.15) is 0 Å². The van der Waals surface area contributed by atoms with Gasteiger partial charge in [-0.3, -0.25) is 9.59 Å². The number of hydrogen-bond acceptors (Lipinski definition) is 3. The third-order valence-corrected chi connectivity index (χ3v) is 4.27. The molecular formula is C14H23NO4. The van der Waals surface area contributed by atoms with Gasteiger partial charge in [0.1, 0.15) is 0 Å². The molecule has 2 fully saturated rings. The van der Waals surface area contributed by atoms with Crippen molar-refractivity contribution in [1.29, 1.82) is 0 Å². The van der Waals surface area contributed by atoms with Crippen molar-refractivity contribution in [3.63, 3.8) is 0 Å². The highest BCUT2D eigenvalue weighted by Gasteiger charge is 2.36. The van der Waals surface area contributed by atoms with Crippen molar-refractivity contribution in [2.45, 2.75) is 45.1 Å². The Morgan fingerprint density at radius 2 is 2.00 bits per heavy atom. The van der Waals surface area contributed by atoms with Gasteiger partial charge in [0.15, 0.2) is 0 Å². The summed E-state index contributed by atoms with van der Waals surface area (Å²) in [7, 11) is 0. The summed E-state index contributed by atoms with van der Waals surface area (Å²) in [6.45, 7) is 4.09. The summed E-state index contributed by atoms with van der Waals surface area (Å²) < 4.78 is 5.57. The number of ether oxygens (including phenoxy) is 1. The van der Waals surface area contributed by atoms with Crippen molar-refractivity contribution in [1.82, 2.24) is 4.90 Å². The number of rotatable bonds is 5. The van der Waals surface area contributed by atoms with E-state index in [9.17, 15) is 9.59 Å². The molecule has 5 nitrogen and oxygen atoms in total. The van der Waals surface area contributed by atoms with Gasteiger partial charge in [0.2, 0.25) is 5.91 Å². The van der Waals surface area contributed by atoms with Gasteiger partial charge in [0, 0.05) is 25.6 Å². The monoisotopic (exact) mass is 269 g/mol. The third kappa shape index (κ3) is 3.47. The fraction of sp³-hybridized carbons (Fsp3) is 0.857. The molecule has 1 amide bonds. The van der Waals surface area contributed by atoms with Gasteiger partial charge < -0.3 is 14.7 Å². The maximum absolute atomic E-state index is 12.4. The summed E-state index contributed by atoms with van der Waals surface area (Å²) in [4.78, 5) is 25.2. The lowest BCUT2D eigenvalue weighted by atomic mass is 10.0. The lowest BCUT2D eigenvalue weighted by Gasteiger charge is -2.26. The third-order valence-electron chi connectivity index (χ3n) is 4.27. The number of aliphatic carboxylic acids is 1. The van der Waals surface area contributed by atoms with E-state index in [1.165, 1.54) is 0 Å². The summed E-state index contributed by atoms with van der Waals surface area (Å²) in [5, 5.41) is 8.99. The van der Waals surface area contributed by atoms with Crippen molar-refractivity contribution in [3.05, 3.63) is 0 Å². The van der Waals surface area contributed by atoms with Gasteiger partial charge in [0.05, 0.1) is 12.0 Å². The number of carbonyl (C=O) groups is 2. The minimum absolute atomic E-state index is 0.109. The van der Waals surface area contributed by atoms with Crippen LogP contribution in [0.2, 0.25) is 0 Å². The first-order valence-electron chi connectivity index (χ1n) is 7.25. The molecule has 1 unspecified atom stereocenters. The quantitative estimate of drug-likeness (QED) is 0.821. The zero-order valence-electron chi connectivity index (χ0n) is 11.5. The minimum atomic E-state index is -0.766. The van der Waals surface area contributed by atoms with Crippen LogP contribution in [0.25, 0.3) is 0 Å². The van der Waals surface area contributed by atoms with Crippen molar-refractivity contribution in [2.75, 3.05) is 19.7 Å². The van der Waals surface area contributed by atoms with Gasteiger partial charge in [-0.05, 0) is 39.0 Å². The van der Waals surface area contributed by atoms with E-state index in [0.717, 1.165) is 19.4 Å². The molecule has 19 heavy (non-hydrogen) atoms. The molecule has 3 atom stereocenters. The largest absolute Gasteiger partial charge is 0.481 e. The maximum Gasteiger partial charge on any atom is 0.306 e. The number of nitrogens with zero attached hydrogens (tertiary/aromatic N) is 1. The predicted octanol–water partition coefficient (Wildman–Crippen LogP) is 1.51. The van der Waals surface area contributed by atoms with Crippen molar-refractivity contribution in [2.24, 2.45) is 11.8 Å². The highest BCUT2D eigenvalue weighted by atomic mass is 16.5. The summed E-state index contributed by atoms with van der Waals surface area (Å²) in [6.07, 6.45) is 4.09. The highest BCUT2D eigenvalue weighted by Crippen LogP contribution is 2.32. The topological polar surface area (TPSA) is 66.8 Å². The highest BCUT2D eigenvalue weighted by molar-refractivity contribution is 5.81. The van der Waals surface area contributed by atoms with Gasteiger partial charge in [-0.15, -0.1) is 0 Å². The Balaban J connectivity index is 1.87. The number of hydrogen-bond donors (Lipinski definition) is 1. The van der Waals surface area contributed by atoms with Crippen LogP contribution in [0, 0.1) is 11.8 Å². The van der Waals surface area contributed by atoms with Gasteiger partial charge in [-0.1, -0.05) is 0 Å². The fourth-order valence-corrected chi connectivity index (χ4v) is 3.10. The molecule has 1 saturated carbocycles. The van der Waals surface area contributed by atoms with Gasteiger partial charge in [0.25, 0.3) is 0 Å². The Kier molecular flexibility index (Phi) is 4.80. The lowest BCUT2D eigenvalue weighted by Crippen LogP contribution is -2.40. The molecule has 0 aromatic rings. The van der Waals surface area contributed by atoms with Crippen LogP contribution in [0.3, 0.4) is 0 Å². The fourth-order valence-electron chi connectivity index (χ4n) is 3.10. The molecule has 1 saturated heterocycles. The van der Waals surface area contributed by atoms with Crippen LogP contribution < -0.4 is 0 Å². The second kappa shape index (κ2) is 6.37. The first-order valence-corrected chi connectivity index (χ1v) is 7.25. The molecule has 1 aliphatic carbocycles. The van der Waals surface area contributed by atoms with E-state index >= 15 is 0 Å². The molecular weight excluding hydrogens is 246 g/mol. The lowest BCUT2D eigenvalue weighted by molar-refractivity contribution is -0.141. The summed E-state index contributed by atoms with van der Waals surface area (Å²) in [5.41, 5.74) is 0. The summed E-state index contributed by atoms with van der Waals surface area (Å²) in [5.74, 6) is -1.10. The molecule has 0 radical (unpaired) electrons. The second-order valence-electron chi connectivity index (χ2n) is 5.56. The van der Waals surface area contributed by atoms with E-state index in [1.807, 2.05) is 11.8 Å². The van der Waals surface area contributed by atoms with E-state index in [0.29, 0.717) is 32.4 Å². The summed E-state index contributed by atoms with van der Waals surface area (Å²) >= 11 is 0. The first kappa shape index (κ1) is 14.3. The Labute approximate surface area is 113 Å². The van der Waals surface area contributed by atoms with Crippen LogP contribution >= 0.6 is 0 Å². The van der Waals surface area contributed by atoms with Gasteiger partial charge >= 0.3 is 5.97 Å². The predicted molar refractivity (Wildman–Crippen MR) is 69.7 cm³/mol. The number of carboxylic acid groups (broad SMARTS) is 1. The van der Waals surface area contributed by atoms with Crippen molar-refractivity contribution >= 4 is 11.9 Å². The standard InChI is InChI=1S/C14H23NO4/c1-2-15(9-12-4-3-7-19-12)13(16)10-5-6-11(8-10)14(17)18/h10-12H,2-9H2,1H3,(H,17,18)/t10-,11+,12?/m1/s1. The Morgan fingerprint density at radius 1 is 1.26 bits per heavy atom. The maximum atomic E-state index is 12.4.